The number of nitrogens with zero attached hydrogens (tertiary/aromatic N) is 2. The van der Waals surface area contributed by atoms with Crippen LogP contribution in [0.5, 0.6) is 5.75 Å². The number of aromatic nitrogens is 2. The van der Waals surface area contributed by atoms with Crippen molar-refractivity contribution < 1.29 is 5.11 Å². The van der Waals surface area contributed by atoms with Gasteiger partial charge in [-0.1, -0.05) is 0 Å². The van der Waals surface area contributed by atoms with Crippen molar-refractivity contribution in [3.63, 3.8) is 0 Å². The standard InChI is InChI=1S/C11H13N3O/c12-6-8-14-11(5-7-13-14)9-1-3-10(15)4-2-9/h1-5,7,15H,6,8,12H2. The average Bonchev–Trinajstić information content (AvgIpc) is 2.68. The van der Waals surface area contributed by atoms with Gasteiger partial charge in [-0.25, -0.2) is 0 Å². The van der Waals surface area contributed by atoms with Gasteiger partial charge in [0.1, 0.15) is 5.75 Å². The van der Waals surface area contributed by atoms with E-state index in [9.17, 15) is 5.11 Å². The van der Waals surface area contributed by atoms with Gasteiger partial charge in [-0.2, -0.15) is 5.10 Å². The second kappa shape index (κ2) is 4.14. The Morgan fingerprint density at radius 1 is 1.20 bits per heavy atom. The SMILES string of the molecule is NCCn1nccc1-c1ccc(O)cc1. The Morgan fingerprint density at radius 2 is 1.93 bits per heavy atom. The van der Waals surface area contributed by atoms with E-state index < -0.39 is 0 Å². The van der Waals surface area contributed by atoms with E-state index in [2.05, 4.69) is 5.10 Å². The molecule has 15 heavy (non-hydrogen) atoms. The molecule has 3 N–H and O–H groups in total. The quantitative estimate of drug-likeness (QED) is 0.788. The van der Waals surface area contributed by atoms with Crippen LogP contribution in [0.2, 0.25) is 0 Å². The lowest BCUT2D eigenvalue weighted by Crippen LogP contribution is -2.11. The maximum absolute atomic E-state index is 9.18. The molecule has 1 aromatic carbocycles. The van der Waals surface area contributed by atoms with Crippen LogP contribution in [-0.2, 0) is 6.54 Å². The molecule has 0 spiro atoms. The lowest BCUT2D eigenvalue weighted by atomic mass is 10.1. The van der Waals surface area contributed by atoms with Crippen LogP contribution < -0.4 is 5.73 Å². The van der Waals surface area contributed by atoms with Gasteiger partial charge in [-0.05, 0) is 30.3 Å². The summed E-state index contributed by atoms with van der Waals surface area (Å²) in [5.74, 6) is 0.267. The number of hydrogen-bond acceptors (Lipinski definition) is 3. The second-order valence-corrected chi connectivity index (χ2v) is 3.28. The summed E-state index contributed by atoms with van der Waals surface area (Å²) in [7, 11) is 0. The summed E-state index contributed by atoms with van der Waals surface area (Å²) < 4.78 is 1.85. The van der Waals surface area contributed by atoms with Gasteiger partial charge in [-0.15, -0.1) is 0 Å². The summed E-state index contributed by atoms with van der Waals surface area (Å²) in [5, 5.41) is 13.4. The van der Waals surface area contributed by atoms with E-state index in [0.29, 0.717) is 13.1 Å². The molecule has 1 heterocycles. The number of benzene rings is 1. The molecule has 0 amide bonds. The summed E-state index contributed by atoms with van der Waals surface area (Å²) in [5.41, 5.74) is 7.53. The summed E-state index contributed by atoms with van der Waals surface area (Å²) in [6.07, 6.45) is 1.75. The minimum atomic E-state index is 0.267. The molecule has 2 aromatic rings. The molecule has 0 saturated heterocycles. The summed E-state index contributed by atoms with van der Waals surface area (Å²) >= 11 is 0. The lowest BCUT2D eigenvalue weighted by Gasteiger charge is -2.05. The summed E-state index contributed by atoms with van der Waals surface area (Å²) in [4.78, 5) is 0. The van der Waals surface area contributed by atoms with E-state index >= 15 is 0 Å². The first-order valence-electron chi connectivity index (χ1n) is 4.82. The molecule has 0 atom stereocenters. The molecule has 2 rings (SSSR count). The Balaban J connectivity index is 2.36. The third-order valence-electron chi connectivity index (χ3n) is 2.22. The van der Waals surface area contributed by atoms with E-state index in [-0.39, 0.29) is 5.75 Å². The van der Waals surface area contributed by atoms with E-state index in [1.807, 2.05) is 22.9 Å². The smallest absolute Gasteiger partial charge is 0.115 e. The van der Waals surface area contributed by atoms with Crippen molar-refractivity contribution in [3.05, 3.63) is 36.5 Å². The van der Waals surface area contributed by atoms with E-state index in [4.69, 9.17) is 5.73 Å². The number of aromatic hydroxyl groups is 1. The van der Waals surface area contributed by atoms with E-state index in [1.165, 1.54) is 0 Å². The van der Waals surface area contributed by atoms with Gasteiger partial charge in [0.15, 0.2) is 0 Å². The van der Waals surface area contributed by atoms with Crippen molar-refractivity contribution in [2.24, 2.45) is 5.73 Å². The van der Waals surface area contributed by atoms with Crippen LogP contribution in [0.4, 0.5) is 0 Å². The molecule has 4 nitrogen and oxygen atoms in total. The van der Waals surface area contributed by atoms with Crippen LogP contribution >= 0.6 is 0 Å². The molecule has 0 aliphatic heterocycles. The van der Waals surface area contributed by atoms with Gasteiger partial charge in [0.2, 0.25) is 0 Å². The van der Waals surface area contributed by atoms with Crippen LogP contribution in [0.25, 0.3) is 11.3 Å². The zero-order valence-electron chi connectivity index (χ0n) is 8.30. The van der Waals surface area contributed by atoms with Crippen LogP contribution in [-0.4, -0.2) is 21.4 Å². The largest absolute Gasteiger partial charge is 0.508 e. The summed E-state index contributed by atoms with van der Waals surface area (Å²) in [6.45, 7) is 1.26. The fraction of sp³-hybridized carbons (Fsp3) is 0.182. The third-order valence-corrected chi connectivity index (χ3v) is 2.22. The number of rotatable bonds is 3. The molecule has 78 valence electrons. The lowest BCUT2D eigenvalue weighted by molar-refractivity contribution is 0.475. The van der Waals surface area contributed by atoms with Gasteiger partial charge in [-0.3, -0.25) is 4.68 Å². The zero-order valence-corrected chi connectivity index (χ0v) is 8.30. The molecule has 0 aliphatic carbocycles. The predicted molar refractivity (Wildman–Crippen MR) is 58.4 cm³/mol. The Kier molecular flexibility index (Phi) is 2.69. The first-order chi connectivity index (χ1) is 7.31. The molecule has 1 aromatic heterocycles. The monoisotopic (exact) mass is 203 g/mol. The van der Waals surface area contributed by atoms with Crippen molar-refractivity contribution in [3.8, 4) is 17.0 Å². The third kappa shape index (κ3) is 1.99. The number of phenolic OH excluding ortho intramolecular Hbond substituents is 1. The molecule has 0 bridgehead atoms. The number of hydrogen-bond donors (Lipinski definition) is 2. The maximum atomic E-state index is 9.18. The second-order valence-electron chi connectivity index (χ2n) is 3.28. The minimum absolute atomic E-state index is 0.267. The van der Waals surface area contributed by atoms with Crippen molar-refractivity contribution in [2.75, 3.05) is 6.54 Å². The normalized spacial score (nSPS) is 10.5. The molecule has 0 saturated carbocycles. The van der Waals surface area contributed by atoms with Crippen LogP contribution in [0.1, 0.15) is 0 Å². The highest BCUT2D eigenvalue weighted by atomic mass is 16.3. The van der Waals surface area contributed by atoms with Crippen molar-refractivity contribution >= 4 is 0 Å². The van der Waals surface area contributed by atoms with Crippen molar-refractivity contribution in [2.45, 2.75) is 6.54 Å². The molecule has 4 heteroatoms. The summed E-state index contributed by atoms with van der Waals surface area (Å²) in [6, 6.07) is 8.98. The number of phenols is 1. The topological polar surface area (TPSA) is 64.1 Å². The van der Waals surface area contributed by atoms with Crippen LogP contribution in [0, 0.1) is 0 Å². The van der Waals surface area contributed by atoms with E-state index in [1.54, 1.807) is 18.3 Å². The van der Waals surface area contributed by atoms with Gasteiger partial charge < -0.3 is 10.8 Å². The first kappa shape index (κ1) is 9.73. The first-order valence-corrected chi connectivity index (χ1v) is 4.82. The molecular formula is C11H13N3O. The average molecular weight is 203 g/mol. The Bertz CT molecular complexity index is 433. The Morgan fingerprint density at radius 3 is 2.60 bits per heavy atom. The van der Waals surface area contributed by atoms with Crippen LogP contribution in [0.15, 0.2) is 36.5 Å². The van der Waals surface area contributed by atoms with Gasteiger partial charge >= 0.3 is 0 Å². The minimum Gasteiger partial charge on any atom is -0.508 e. The maximum Gasteiger partial charge on any atom is 0.115 e. The molecule has 0 unspecified atom stereocenters. The molecule has 0 radical (unpaired) electrons. The molecular weight excluding hydrogens is 190 g/mol. The van der Waals surface area contributed by atoms with Crippen molar-refractivity contribution in [1.82, 2.24) is 9.78 Å². The van der Waals surface area contributed by atoms with Gasteiger partial charge in [0, 0.05) is 18.3 Å². The van der Waals surface area contributed by atoms with E-state index in [0.717, 1.165) is 11.3 Å². The van der Waals surface area contributed by atoms with Gasteiger partial charge in [0.05, 0.1) is 12.2 Å². The molecule has 0 aliphatic rings. The fourth-order valence-electron chi connectivity index (χ4n) is 1.51. The highest BCUT2D eigenvalue weighted by Crippen LogP contribution is 2.21. The molecule has 0 fully saturated rings. The highest BCUT2D eigenvalue weighted by Gasteiger charge is 2.03. The zero-order chi connectivity index (χ0) is 10.7. The number of nitrogens with two attached hydrogens (primary N) is 1. The van der Waals surface area contributed by atoms with Crippen molar-refractivity contribution in [1.29, 1.82) is 0 Å². The Hall–Kier alpha value is -1.81. The predicted octanol–water partition coefficient (Wildman–Crippen LogP) is 1.21. The van der Waals surface area contributed by atoms with Gasteiger partial charge in [0.25, 0.3) is 0 Å². The van der Waals surface area contributed by atoms with Crippen LogP contribution in [0.3, 0.4) is 0 Å². The fourth-order valence-corrected chi connectivity index (χ4v) is 1.51. The Labute approximate surface area is 88.0 Å². The highest BCUT2D eigenvalue weighted by molar-refractivity contribution is 5.60.